The molecule has 1 heterocycles. The molecule has 0 unspecified atom stereocenters. The molecule has 0 saturated carbocycles. The number of nitrogens with one attached hydrogen (secondary N) is 1. The fourth-order valence-electron chi connectivity index (χ4n) is 2.33. The van der Waals surface area contributed by atoms with Crippen molar-refractivity contribution in [3.05, 3.63) is 64.1 Å². The van der Waals surface area contributed by atoms with Crippen LogP contribution in [0.15, 0.2) is 52.1 Å². The first kappa shape index (κ1) is 19.8. The lowest BCUT2D eigenvalue weighted by molar-refractivity contribution is -0.384. The summed E-state index contributed by atoms with van der Waals surface area (Å²) in [5.41, 5.74) is 1.01. The topological polar surface area (TPSA) is 83.9 Å². The number of guanidine groups is 1. The van der Waals surface area contributed by atoms with Gasteiger partial charge in [-0.2, -0.15) is 11.8 Å². The molecule has 7 nitrogen and oxygen atoms in total. The van der Waals surface area contributed by atoms with Crippen molar-refractivity contribution in [3.8, 4) is 0 Å². The molecule has 0 spiro atoms. The van der Waals surface area contributed by atoms with Crippen molar-refractivity contribution < 1.29 is 9.34 Å². The average molecular weight is 376 g/mol. The first-order chi connectivity index (χ1) is 12.6. The standard InChI is InChI=1S/C18H24N4O3S/c1-21(14-17-5-3-11-25-17)18(19-10-4-12-26-2)20-13-15-6-8-16(9-7-15)22(23)24/h3,5-9,11H,4,10,12-14H2,1-2H3,(H,19,20). The molecule has 26 heavy (non-hydrogen) atoms. The smallest absolute Gasteiger partial charge is 0.269 e. The number of thioether (sulfide) groups is 1. The van der Waals surface area contributed by atoms with Crippen molar-refractivity contribution >= 4 is 23.4 Å². The van der Waals surface area contributed by atoms with E-state index in [0.717, 1.165) is 36.0 Å². The van der Waals surface area contributed by atoms with Crippen LogP contribution in [0.3, 0.4) is 0 Å². The van der Waals surface area contributed by atoms with Crippen LogP contribution in [0.2, 0.25) is 0 Å². The number of non-ortho nitro benzene ring substituents is 1. The maximum Gasteiger partial charge on any atom is 0.269 e. The Balaban J connectivity index is 2.02. The summed E-state index contributed by atoms with van der Waals surface area (Å²) in [5, 5.41) is 14.1. The number of nitrogens with zero attached hydrogens (tertiary/aromatic N) is 3. The third-order valence-electron chi connectivity index (χ3n) is 3.70. The van der Waals surface area contributed by atoms with Gasteiger partial charge in [-0.3, -0.25) is 10.1 Å². The van der Waals surface area contributed by atoms with Gasteiger partial charge in [-0.15, -0.1) is 0 Å². The van der Waals surface area contributed by atoms with Crippen LogP contribution in [-0.2, 0) is 13.1 Å². The lowest BCUT2D eigenvalue weighted by atomic mass is 10.2. The largest absolute Gasteiger partial charge is 0.467 e. The van der Waals surface area contributed by atoms with E-state index < -0.39 is 4.92 Å². The number of hydrogen-bond acceptors (Lipinski definition) is 5. The molecule has 0 bridgehead atoms. The van der Waals surface area contributed by atoms with E-state index in [4.69, 9.17) is 4.42 Å². The van der Waals surface area contributed by atoms with Crippen molar-refractivity contribution in [2.24, 2.45) is 4.99 Å². The van der Waals surface area contributed by atoms with Gasteiger partial charge in [0.2, 0.25) is 0 Å². The molecule has 0 aliphatic heterocycles. The highest BCUT2D eigenvalue weighted by atomic mass is 32.2. The van der Waals surface area contributed by atoms with Crippen LogP contribution in [0, 0.1) is 10.1 Å². The van der Waals surface area contributed by atoms with Crippen LogP contribution in [0.1, 0.15) is 17.7 Å². The molecule has 2 rings (SSSR count). The summed E-state index contributed by atoms with van der Waals surface area (Å²) in [5.74, 6) is 2.73. The highest BCUT2D eigenvalue weighted by Gasteiger charge is 2.09. The van der Waals surface area contributed by atoms with E-state index in [9.17, 15) is 10.1 Å². The maximum absolute atomic E-state index is 10.7. The number of furan rings is 1. The predicted molar refractivity (Wildman–Crippen MR) is 105 cm³/mol. The maximum atomic E-state index is 10.7. The molecule has 140 valence electrons. The molecule has 0 radical (unpaired) electrons. The number of benzene rings is 1. The zero-order chi connectivity index (χ0) is 18.8. The molecule has 1 aromatic heterocycles. The van der Waals surface area contributed by atoms with Crippen molar-refractivity contribution in [1.82, 2.24) is 10.2 Å². The lowest BCUT2D eigenvalue weighted by Crippen LogP contribution is -2.39. The van der Waals surface area contributed by atoms with E-state index in [2.05, 4.69) is 16.6 Å². The van der Waals surface area contributed by atoms with Gasteiger partial charge in [0.15, 0.2) is 5.96 Å². The SMILES string of the molecule is CSCCCNC(=NCc1ccc([N+](=O)[O-])cc1)N(C)Cc1ccco1. The third-order valence-corrected chi connectivity index (χ3v) is 4.40. The Hall–Kier alpha value is -2.48. The second-order valence-electron chi connectivity index (χ2n) is 5.77. The van der Waals surface area contributed by atoms with Gasteiger partial charge in [0.1, 0.15) is 5.76 Å². The van der Waals surface area contributed by atoms with Crippen molar-refractivity contribution in [2.75, 3.05) is 25.6 Å². The number of aliphatic imine (C=N–C) groups is 1. The Morgan fingerprint density at radius 3 is 2.73 bits per heavy atom. The van der Waals surface area contributed by atoms with Gasteiger partial charge in [0.05, 0.1) is 24.3 Å². The minimum atomic E-state index is -0.400. The number of nitro benzene ring substituents is 1. The highest BCUT2D eigenvalue weighted by Crippen LogP contribution is 2.13. The molecular weight excluding hydrogens is 352 g/mol. The van der Waals surface area contributed by atoms with E-state index in [1.165, 1.54) is 12.1 Å². The molecule has 0 saturated heterocycles. The Kier molecular flexibility index (Phi) is 8.01. The lowest BCUT2D eigenvalue weighted by Gasteiger charge is -2.21. The summed E-state index contributed by atoms with van der Waals surface area (Å²) in [6.45, 7) is 1.90. The fourth-order valence-corrected chi connectivity index (χ4v) is 2.76. The predicted octanol–water partition coefficient (Wildman–Crippen LogP) is 3.52. The monoisotopic (exact) mass is 376 g/mol. The van der Waals surface area contributed by atoms with E-state index in [0.29, 0.717) is 13.1 Å². The van der Waals surface area contributed by atoms with Gasteiger partial charge in [-0.25, -0.2) is 4.99 Å². The van der Waals surface area contributed by atoms with E-state index >= 15 is 0 Å². The third kappa shape index (κ3) is 6.44. The molecule has 0 atom stereocenters. The van der Waals surface area contributed by atoms with Crippen LogP contribution < -0.4 is 5.32 Å². The second-order valence-corrected chi connectivity index (χ2v) is 6.76. The second kappa shape index (κ2) is 10.5. The zero-order valence-corrected chi connectivity index (χ0v) is 15.9. The first-order valence-electron chi connectivity index (χ1n) is 8.34. The molecule has 2 aromatic rings. The van der Waals surface area contributed by atoms with Gasteiger partial charge in [-0.05, 0) is 36.1 Å². The van der Waals surface area contributed by atoms with Crippen LogP contribution >= 0.6 is 11.8 Å². The zero-order valence-electron chi connectivity index (χ0n) is 15.1. The Labute approximate surface area is 157 Å². The van der Waals surface area contributed by atoms with E-state index in [1.54, 1.807) is 18.4 Å². The van der Waals surface area contributed by atoms with E-state index in [-0.39, 0.29) is 5.69 Å². The first-order valence-corrected chi connectivity index (χ1v) is 9.73. The average Bonchev–Trinajstić information content (AvgIpc) is 3.14. The van der Waals surface area contributed by atoms with Crippen LogP contribution in [0.4, 0.5) is 5.69 Å². The Morgan fingerprint density at radius 1 is 1.35 bits per heavy atom. The summed E-state index contributed by atoms with van der Waals surface area (Å²) in [6.07, 6.45) is 4.79. The number of hydrogen-bond donors (Lipinski definition) is 1. The molecule has 0 fully saturated rings. The van der Waals surface area contributed by atoms with Gasteiger partial charge in [-0.1, -0.05) is 12.1 Å². The van der Waals surface area contributed by atoms with Crippen molar-refractivity contribution in [3.63, 3.8) is 0 Å². The molecule has 8 heteroatoms. The minimum Gasteiger partial charge on any atom is -0.467 e. The van der Waals surface area contributed by atoms with Gasteiger partial charge < -0.3 is 14.6 Å². The van der Waals surface area contributed by atoms with Crippen molar-refractivity contribution in [2.45, 2.75) is 19.5 Å². The van der Waals surface area contributed by atoms with Gasteiger partial charge in [0, 0.05) is 25.7 Å². The summed E-state index contributed by atoms with van der Waals surface area (Å²) in [6, 6.07) is 10.3. The summed E-state index contributed by atoms with van der Waals surface area (Å²) >= 11 is 1.82. The molecule has 1 aromatic carbocycles. The van der Waals surface area contributed by atoms with E-state index in [1.807, 2.05) is 35.8 Å². The summed E-state index contributed by atoms with van der Waals surface area (Å²) < 4.78 is 5.40. The molecule has 0 aliphatic rings. The number of nitro groups is 1. The molecule has 1 N–H and O–H groups in total. The van der Waals surface area contributed by atoms with Gasteiger partial charge >= 0.3 is 0 Å². The summed E-state index contributed by atoms with van der Waals surface area (Å²) in [4.78, 5) is 17.0. The highest BCUT2D eigenvalue weighted by molar-refractivity contribution is 7.98. The van der Waals surface area contributed by atoms with Crippen LogP contribution in [-0.4, -0.2) is 41.4 Å². The van der Waals surface area contributed by atoms with Gasteiger partial charge in [0.25, 0.3) is 5.69 Å². The normalized spacial score (nSPS) is 11.4. The Morgan fingerprint density at radius 2 is 2.12 bits per heavy atom. The minimum absolute atomic E-state index is 0.0862. The molecular formula is C18H24N4O3S. The molecule has 0 aliphatic carbocycles. The Bertz CT molecular complexity index is 702. The quantitative estimate of drug-likeness (QED) is 0.237. The summed E-state index contributed by atoms with van der Waals surface area (Å²) in [7, 11) is 1.96. The fraction of sp³-hybridized carbons (Fsp3) is 0.389. The van der Waals surface area contributed by atoms with Crippen LogP contribution in [0.5, 0.6) is 0 Å². The molecule has 0 amide bonds. The van der Waals surface area contributed by atoms with Crippen LogP contribution in [0.25, 0.3) is 0 Å². The number of rotatable bonds is 9. The van der Waals surface area contributed by atoms with Crippen molar-refractivity contribution in [1.29, 1.82) is 0 Å².